The predicted octanol–water partition coefficient (Wildman–Crippen LogP) is 4.50. The first-order valence-corrected chi connectivity index (χ1v) is 7.22. The molecule has 0 spiro atoms. The van der Waals surface area contributed by atoms with Gasteiger partial charge < -0.3 is 9.47 Å². The normalized spacial score (nSPS) is 10.6. The second-order valence-corrected chi connectivity index (χ2v) is 5.39. The zero-order chi connectivity index (χ0) is 14.8. The Kier molecular flexibility index (Phi) is 3.75. The molecule has 0 radical (unpaired) electrons. The van der Waals surface area contributed by atoms with E-state index in [1.807, 2.05) is 49.4 Å². The van der Waals surface area contributed by atoms with Gasteiger partial charge in [-0.3, -0.25) is 0 Å². The summed E-state index contributed by atoms with van der Waals surface area (Å²) < 4.78 is 11.9. The van der Waals surface area contributed by atoms with Gasteiger partial charge >= 0.3 is 0 Å². The second kappa shape index (κ2) is 5.69. The lowest BCUT2D eigenvalue weighted by atomic mass is 10.1. The highest BCUT2D eigenvalue weighted by Crippen LogP contribution is 2.34. The molecule has 0 saturated carbocycles. The summed E-state index contributed by atoms with van der Waals surface area (Å²) in [5.41, 5.74) is 0.881. The fourth-order valence-electron chi connectivity index (χ4n) is 2.08. The molecule has 21 heavy (non-hydrogen) atoms. The number of methoxy groups -OCH3 is 1. The number of aryl methyl sites for hydroxylation is 1. The van der Waals surface area contributed by atoms with Crippen LogP contribution in [0.15, 0.2) is 46.9 Å². The third-order valence-electron chi connectivity index (χ3n) is 3.18. The summed E-state index contributed by atoms with van der Waals surface area (Å²) in [7, 11) is 1.63. The smallest absolute Gasteiger partial charge is 0.246 e. The number of fused-ring (bicyclic) bond motifs is 1. The maximum atomic E-state index is 5.90. The predicted molar refractivity (Wildman–Crippen MR) is 85.0 cm³/mol. The molecule has 0 amide bonds. The van der Waals surface area contributed by atoms with Gasteiger partial charge in [-0.15, -0.1) is 5.10 Å². The summed E-state index contributed by atoms with van der Waals surface area (Å²) in [4.78, 5) is 0. The van der Waals surface area contributed by atoms with E-state index >= 15 is 0 Å². The molecule has 0 saturated heterocycles. The van der Waals surface area contributed by atoms with E-state index in [4.69, 9.17) is 9.47 Å². The minimum Gasteiger partial charge on any atom is -0.497 e. The van der Waals surface area contributed by atoms with Gasteiger partial charge in [0.05, 0.1) is 17.3 Å². The molecule has 106 valence electrons. The van der Waals surface area contributed by atoms with Gasteiger partial charge in [-0.2, -0.15) is 5.10 Å². The number of halogens is 1. The van der Waals surface area contributed by atoms with Gasteiger partial charge in [0, 0.05) is 10.8 Å². The standard InChI is InChI=1S/C16H13BrN2O2/c1-10-12-5-3-4-6-13(12)16(19-18-10)21-15-8-7-11(20-2)9-14(15)17/h3-9H,1-2H3. The Balaban J connectivity index is 2.04. The SMILES string of the molecule is COc1ccc(Oc2nnc(C)c3ccccc23)c(Br)c1. The van der Waals surface area contributed by atoms with Crippen LogP contribution in [0.25, 0.3) is 10.8 Å². The lowest BCUT2D eigenvalue weighted by Crippen LogP contribution is -1.95. The third kappa shape index (κ3) is 2.69. The van der Waals surface area contributed by atoms with Gasteiger partial charge in [0.2, 0.25) is 5.88 Å². The topological polar surface area (TPSA) is 44.2 Å². The van der Waals surface area contributed by atoms with Crippen LogP contribution in [0.4, 0.5) is 0 Å². The van der Waals surface area contributed by atoms with E-state index in [-0.39, 0.29) is 0 Å². The van der Waals surface area contributed by atoms with E-state index in [0.29, 0.717) is 11.6 Å². The summed E-state index contributed by atoms with van der Waals surface area (Å²) in [6, 6.07) is 13.4. The fraction of sp³-hybridized carbons (Fsp3) is 0.125. The van der Waals surface area contributed by atoms with Crippen molar-refractivity contribution in [1.29, 1.82) is 0 Å². The minimum atomic E-state index is 0.488. The van der Waals surface area contributed by atoms with Crippen molar-refractivity contribution in [3.63, 3.8) is 0 Å². The van der Waals surface area contributed by atoms with Crippen molar-refractivity contribution in [3.8, 4) is 17.4 Å². The van der Waals surface area contributed by atoms with Gasteiger partial charge in [0.1, 0.15) is 11.5 Å². The molecule has 3 rings (SSSR count). The molecule has 3 aromatic rings. The first-order chi connectivity index (χ1) is 10.2. The molecule has 0 aliphatic rings. The summed E-state index contributed by atoms with van der Waals surface area (Å²) in [5.74, 6) is 1.91. The van der Waals surface area contributed by atoms with E-state index in [0.717, 1.165) is 26.7 Å². The van der Waals surface area contributed by atoms with Crippen LogP contribution in [0.3, 0.4) is 0 Å². The van der Waals surface area contributed by atoms with E-state index in [1.165, 1.54) is 0 Å². The van der Waals surface area contributed by atoms with Gasteiger partial charge in [0.15, 0.2) is 0 Å². The molecule has 0 unspecified atom stereocenters. The van der Waals surface area contributed by atoms with E-state index in [9.17, 15) is 0 Å². The lowest BCUT2D eigenvalue weighted by Gasteiger charge is -2.10. The van der Waals surface area contributed by atoms with Crippen LogP contribution >= 0.6 is 15.9 Å². The largest absolute Gasteiger partial charge is 0.497 e. The number of ether oxygens (including phenoxy) is 2. The molecule has 0 atom stereocenters. The Morgan fingerprint density at radius 3 is 2.48 bits per heavy atom. The van der Waals surface area contributed by atoms with Crippen LogP contribution in [0, 0.1) is 6.92 Å². The Morgan fingerprint density at radius 2 is 1.76 bits per heavy atom. The highest BCUT2D eigenvalue weighted by molar-refractivity contribution is 9.10. The second-order valence-electron chi connectivity index (χ2n) is 4.53. The Hall–Kier alpha value is -2.14. The summed E-state index contributed by atoms with van der Waals surface area (Å²) >= 11 is 3.47. The average molecular weight is 345 g/mol. The Labute approximate surface area is 130 Å². The van der Waals surface area contributed by atoms with Crippen LogP contribution in [0.1, 0.15) is 5.69 Å². The molecule has 0 aliphatic carbocycles. The molecule has 0 fully saturated rings. The maximum absolute atomic E-state index is 5.90. The summed E-state index contributed by atoms with van der Waals surface area (Å²) in [6.45, 7) is 1.93. The minimum absolute atomic E-state index is 0.488. The molecule has 0 aliphatic heterocycles. The Bertz CT molecular complexity index is 805. The van der Waals surface area contributed by atoms with Crippen LogP contribution in [0.5, 0.6) is 17.4 Å². The molecule has 0 bridgehead atoms. The Morgan fingerprint density at radius 1 is 1.00 bits per heavy atom. The molecule has 2 aromatic carbocycles. The van der Waals surface area contributed by atoms with Crippen molar-refractivity contribution in [3.05, 3.63) is 52.6 Å². The first-order valence-electron chi connectivity index (χ1n) is 6.42. The number of nitrogens with zero attached hydrogens (tertiary/aromatic N) is 2. The molecule has 4 nitrogen and oxygen atoms in total. The van der Waals surface area contributed by atoms with Crippen molar-refractivity contribution in [2.24, 2.45) is 0 Å². The molecule has 5 heteroatoms. The number of rotatable bonds is 3. The molecule has 0 N–H and O–H groups in total. The molecular weight excluding hydrogens is 332 g/mol. The number of hydrogen-bond donors (Lipinski definition) is 0. The molecule has 1 aromatic heterocycles. The zero-order valence-corrected chi connectivity index (χ0v) is 13.2. The number of aromatic nitrogens is 2. The zero-order valence-electron chi connectivity index (χ0n) is 11.6. The van der Waals surface area contributed by atoms with Gasteiger partial charge in [-0.25, -0.2) is 0 Å². The van der Waals surface area contributed by atoms with E-state index < -0.39 is 0 Å². The monoisotopic (exact) mass is 344 g/mol. The van der Waals surface area contributed by atoms with Gasteiger partial charge in [0.25, 0.3) is 0 Å². The van der Waals surface area contributed by atoms with E-state index in [1.54, 1.807) is 7.11 Å². The van der Waals surface area contributed by atoms with Crippen LogP contribution < -0.4 is 9.47 Å². The van der Waals surface area contributed by atoms with Crippen molar-refractivity contribution in [1.82, 2.24) is 10.2 Å². The van der Waals surface area contributed by atoms with Crippen molar-refractivity contribution in [2.45, 2.75) is 6.92 Å². The highest BCUT2D eigenvalue weighted by atomic mass is 79.9. The first kappa shape index (κ1) is 13.8. The number of hydrogen-bond acceptors (Lipinski definition) is 4. The van der Waals surface area contributed by atoms with Crippen LogP contribution in [0.2, 0.25) is 0 Å². The van der Waals surface area contributed by atoms with Crippen molar-refractivity contribution in [2.75, 3.05) is 7.11 Å². The van der Waals surface area contributed by atoms with Gasteiger partial charge in [-0.1, -0.05) is 18.2 Å². The quantitative estimate of drug-likeness (QED) is 0.701. The fourth-order valence-corrected chi connectivity index (χ4v) is 2.52. The summed E-state index contributed by atoms with van der Waals surface area (Å²) in [6.07, 6.45) is 0. The molecule has 1 heterocycles. The lowest BCUT2D eigenvalue weighted by molar-refractivity contribution is 0.411. The van der Waals surface area contributed by atoms with Crippen LogP contribution in [-0.2, 0) is 0 Å². The average Bonchev–Trinajstić information content (AvgIpc) is 2.52. The summed E-state index contributed by atoms with van der Waals surface area (Å²) in [5, 5.41) is 10.3. The van der Waals surface area contributed by atoms with Gasteiger partial charge in [-0.05, 0) is 47.1 Å². The van der Waals surface area contributed by atoms with Crippen molar-refractivity contribution >= 4 is 26.7 Å². The van der Waals surface area contributed by atoms with E-state index in [2.05, 4.69) is 26.1 Å². The third-order valence-corrected chi connectivity index (χ3v) is 3.80. The highest BCUT2D eigenvalue weighted by Gasteiger charge is 2.10. The van der Waals surface area contributed by atoms with Crippen LogP contribution in [-0.4, -0.2) is 17.3 Å². The number of benzene rings is 2. The molecular formula is C16H13BrN2O2. The maximum Gasteiger partial charge on any atom is 0.246 e. The van der Waals surface area contributed by atoms with Crippen molar-refractivity contribution < 1.29 is 9.47 Å².